The molecule has 0 aliphatic rings. The van der Waals surface area contributed by atoms with Crippen molar-refractivity contribution < 1.29 is 9.14 Å². The van der Waals surface area contributed by atoms with Gasteiger partial charge in [-0.15, -0.1) is 0 Å². The van der Waals surface area contributed by atoms with Gasteiger partial charge in [-0.2, -0.15) is 4.57 Å². The van der Waals surface area contributed by atoms with Gasteiger partial charge < -0.3 is 4.74 Å². The first kappa shape index (κ1) is 15.6. The molecule has 0 aliphatic heterocycles. The first-order valence-electron chi connectivity index (χ1n) is 8.99. The third kappa shape index (κ3) is 2.56. The van der Waals surface area contributed by atoms with Gasteiger partial charge in [0, 0.05) is 17.0 Å². The summed E-state index contributed by atoms with van der Waals surface area (Å²) in [6.45, 7) is 0. The highest BCUT2D eigenvalue weighted by molar-refractivity contribution is 5.91. The van der Waals surface area contributed by atoms with Gasteiger partial charge in [0.1, 0.15) is 17.6 Å². The fourth-order valence-electron chi connectivity index (χ4n) is 3.68. The summed E-state index contributed by atoms with van der Waals surface area (Å²) in [7, 11) is 1.69. The summed E-state index contributed by atoms with van der Waals surface area (Å²) in [5.74, 6) is 0.860. The van der Waals surface area contributed by atoms with E-state index in [0.29, 0.717) is 0 Å². The highest BCUT2D eigenvalue weighted by Gasteiger charge is 2.22. The minimum atomic E-state index is 0.860. The van der Waals surface area contributed by atoms with Crippen LogP contribution < -0.4 is 9.14 Å². The Kier molecular flexibility index (Phi) is 3.65. The van der Waals surface area contributed by atoms with E-state index in [1.165, 1.54) is 16.5 Å². The van der Waals surface area contributed by atoms with Crippen molar-refractivity contribution in [1.82, 2.24) is 4.57 Å². The van der Waals surface area contributed by atoms with E-state index in [1.807, 2.05) is 12.1 Å². The Morgan fingerprint density at radius 2 is 1.56 bits per heavy atom. The minimum Gasteiger partial charge on any atom is -0.497 e. The molecule has 0 bridgehead atoms. The van der Waals surface area contributed by atoms with Gasteiger partial charge in [-0.3, -0.25) is 0 Å². The van der Waals surface area contributed by atoms with Crippen LogP contribution in [0.3, 0.4) is 0 Å². The molecule has 0 saturated heterocycles. The predicted octanol–water partition coefficient (Wildman–Crippen LogP) is 5.04. The molecule has 5 aromatic rings. The Hall–Kier alpha value is -3.59. The molecule has 5 rings (SSSR count). The zero-order valence-corrected chi connectivity index (χ0v) is 15.0. The molecule has 130 valence electrons. The fraction of sp³-hybridized carbons (Fsp3) is 0.0417. The summed E-state index contributed by atoms with van der Waals surface area (Å²) in [5, 5.41) is 2.47. The number of ether oxygens (including phenoxy) is 1. The number of fused-ring (bicyclic) bond motifs is 2. The number of methoxy groups -OCH3 is 1. The quantitative estimate of drug-likeness (QED) is 0.416. The van der Waals surface area contributed by atoms with Crippen LogP contribution in [0.15, 0.2) is 97.3 Å². The summed E-state index contributed by atoms with van der Waals surface area (Å²) in [6, 6.07) is 29.5. The Morgan fingerprint density at radius 3 is 2.41 bits per heavy atom. The van der Waals surface area contributed by atoms with E-state index in [9.17, 15) is 0 Å². The molecule has 0 saturated carbocycles. The number of hydrogen-bond donors (Lipinski definition) is 0. The number of pyridine rings is 1. The van der Waals surface area contributed by atoms with Crippen molar-refractivity contribution in [1.29, 1.82) is 0 Å². The molecule has 0 amide bonds. The van der Waals surface area contributed by atoms with E-state index in [4.69, 9.17) is 4.74 Å². The summed E-state index contributed by atoms with van der Waals surface area (Å²) in [5.41, 5.74) is 4.58. The second kappa shape index (κ2) is 6.29. The molecule has 0 N–H and O–H groups in total. The molecule has 27 heavy (non-hydrogen) atoms. The second-order valence-electron chi connectivity index (χ2n) is 6.54. The van der Waals surface area contributed by atoms with Crippen molar-refractivity contribution in [2.75, 3.05) is 7.11 Å². The van der Waals surface area contributed by atoms with Gasteiger partial charge in [0.05, 0.1) is 13.3 Å². The van der Waals surface area contributed by atoms with Crippen LogP contribution in [0.5, 0.6) is 5.75 Å². The lowest BCUT2D eigenvalue weighted by Gasteiger charge is -2.07. The topological polar surface area (TPSA) is 18.3 Å². The maximum Gasteiger partial charge on any atom is 0.291 e. The van der Waals surface area contributed by atoms with Crippen LogP contribution in [-0.4, -0.2) is 11.7 Å². The molecule has 0 radical (unpaired) electrons. The highest BCUT2D eigenvalue weighted by Crippen LogP contribution is 2.30. The summed E-state index contributed by atoms with van der Waals surface area (Å²) in [6.07, 6.45) is 4.27. The molecule has 0 spiro atoms. The fourth-order valence-corrected chi connectivity index (χ4v) is 3.68. The average molecular weight is 351 g/mol. The maximum atomic E-state index is 5.32. The lowest BCUT2D eigenvalue weighted by atomic mass is 10.1. The minimum absolute atomic E-state index is 0.860. The molecule has 0 atom stereocenters. The molecule has 3 heteroatoms. The molecule has 0 fully saturated rings. The van der Waals surface area contributed by atoms with Gasteiger partial charge in [-0.05, 0) is 41.8 Å². The van der Waals surface area contributed by atoms with Crippen molar-refractivity contribution in [3.8, 4) is 22.7 Å². The largest absolute Gasteiger partial charge is 0.497 e. The monoisotopic (exact) mass is 351 g/mol. The third-order valence-corrected chi connectivity index (χ3v) is 4.99. The zero-order chi connectivity index (χ0) is 18.2. The van der Waals surface area contributed by atoms with E-state index in [-0.39, 0.29) is 0 Å². The van der Waals surface area contributed by atoms with E-state index in [1.54, 1.807) is 7.11 Å². The first-order chi connectivity index (χ1) is 13.3. The summed E-state index contributed by atoms with van der Waals surface area (Å²) >= 11 is 0. The summed E-state index contributed by atoms with van der Waals surface area (Å²) < 4.78 is 9.82. The molecule has 2 heterocycles. The number of aromatic nitrogens is 2. The summed E-state index contributed by atoms with van der Waals surface area (Å²) in [4.78, 5) is 0. The molecular formula is C24H19N2O+. The van der Waals surface area contributed by atoms with Gasteiger partial charge in [0.15, 0.2) is 5.69 Å². The number of imidazole rings is 1. The molecule has 3 nitrogen and oxygen atoms in total. The predicted molar refractivity (Wildman–Crippen MR) is 108 cm³/mol. The van der Waals surface area contributed by atoms with Crippen molar-refractivity contribution in [3.05, 3.63) is 97.3 Å². The van der Waals surface area contributed by atoms with Crippen LogP contribution in [0.4, 0.5) is 0 Å². The second-order valence-corrected chi connectivity index (χ2v) is 6.54. The number of nitrogens with zero attached hydrogens (tertiary/aromatic N) is 2. The zero-order valence-electron chi connectivity index (χ0n) is 15.0. The Balaban J connectivity index is 1.85. The molecule has 2 aromatic heterocycles. The van der Waals surface area contributed by atoms with Gasteiger partial charge in [0.25, 0.3) is 5.65 Å². The van der Waals surface area contributed by atoms with Crippen molar-refractivity contribution in [3.63, 3.8) is 0 Å². The lowest BCUT2D eigenvalue weighted by molar-refractivity contribution is -0.510. The molecule has 3 aromatic carbocycles. The van der Waals surface area contributed by atoms with E-state index >= 15 is 0 Å². The normalized spacial score (nSPS) is 11.1. The first-order valence-corrected chi connectivity index (χ1v) is 8.99. The van der Waals surface area contributed by atoms with Crippen molar-refractivity contribution >= 4 is 16.4 Å². The lowest BCUT2D eigenvalue weighted by Crippen LogP contribution is -2.17. The standard InChI is InChI=1S/C24H19N2O/c1-27-20-14-12-19(13-15-20)23-17-25-16-5-4-11-24(25)26(23)22-10-6-8-18-7-2-3-9-21(18)22/h2-17H,1H3/q+1. The van der Waals surface area contributed by atoms with Crippen LogP contribution in [0.1, 0.15) is 0 Å². The van der Waals surface area contributed by atoms with Gasteiger partial charge >= 0.3 is 0 Å². The van der Waals surface area contributed by atoms with Gasteiger partial charge in [-0.1, -0.05) is 42.5 Å². The maximum absolute atomic E-state index is 5.32. The Morgan fingerprint density at radius 1 is 0.778 bits per heavy atom. The number of benzene rings is 3. The number of rotatable bonds is 3. The van der Waals surface area contributed by atoms with Crippen LogP contribution >= 0.6 is 0 Å². The van der Waals surface area contributed by atoms with Crippen LogP contribution in [-0.2, 0) is 0 Å². The van der Waals surface area contributed by atoms with E-state index in [0.717, 1.165) is 22.7 Å². The van der Waals surface area contributed by atoms with Gasteiger partial charge in [-0.25, -0.2) is 4.40 Å². The van der Waals surface area contributed by atoms with E-state index < -0.39 is 0 Å². The van der Waals surface area contributed by atoms with E-state index in [2.05, 4.69) is 94.2 Å². The smallest absolute Gasteiger partial charge is 0.291 e. The van der Waals surface area contributed by atoms with Crippen LogP contribution in [0.25, 0.3) is 33.4 Å². The Bertz CT molecular complexity index is 1250. The van der Waals surface area contributed by atoms with Gasteiger partial charge in [0.2, 0.25) is 0 Å². The van der Waals surface area contributed by atoms with Crippen molar-refractivity contribution in [2.45, 2.75) is 0 Å². The Labute approximate surface area is 157 Å². The molecule has 0 aliphatic carbocycles. The van der Waals surface area contributed by atoms with Crippen LogP contribution in [0, 0.1) is 0 Å². The third-order valence-electron chi connectivity index (χ3n) is 4.99. The van der Waals surface area contributed by atoms with Crippen molar-refractivity contribution in [2.24, 2.45) is 0 Å². The van der Waals surface area contributed by atoms with Crippen LogP contribution in [0.2, 0.25) is 0 Å². The number of hydrogen-bond acceptors (Lipinski definition) is 1. The highest BCUT2D eigenvalue weighted by atomic mass is 16.5. The molecule has 0 unspecified atom stereocenters. The molecular weight excluding hydrogens is 332 g/mol. The SMILES string of the molecule is COc1ccc(-c2c[n+]3ccccc3n2-c2cccc3ccccc23)cc1. The average Bonchev–Trinajstić information content (AvgIpc) is 3.13.